The third kappa shape index (κ3) is 2.57. The summed E-state index contributed by atoms with van der Waals surface area (Å²) in [7, 11) is 0. The van der Waals surface area contributed by atoms with E-state index >= 15 is 0 Å². The first kappa shape index (κ1) is 10.2. The van der Waals surface area contributed by atoms with Crippen molar-refractivity contribution in [1.29, 1.82) is 0 Å². The minimum atomic E-state index is 0.473. The lowest BCUT2D eigenvalue weighted by molar-refractivity contribution is 0.388. The molecular formula is C10H16N4O. The van der Waals surface area contributed by atoms with Crippen molar-refractivity contribution < 1.29 is 5.21 Å². The molecule has 5 nitrogen and oxygen atoms in total. The molecule has 1 aromatic heterocycles. The molecule has 4 N–H and O–H groups in total. The SMILES string of the molecule is ONc1cnccc1NC1CCNCC1. The van der Waals surface area contributed by atoms with Crippen molar-refractivity contribution in [3.8, 4) is 0 Å². The highest BCUT2D eigenvalue weighted by Crippen LogP contribution is 2.21. The van der Waals surface area contributed by atoms with Gasteiger partial charge in [-0.1, -0.05) is 0 Å². The fraction of sp³-hybridized carbons (Fsp3) is 0.500. The molecular weight excluding hydrogens is 192 g/mol. The molecule has 0 amide bonds. The maximum atomic E-state index is 8.91. The van der Waals surface area contributed by atoms with Crippen LogP contribution in [0.25, 0.3) is 0 Å². The van der Waals surface area contributed by atoms with Gasteiger partial charge in [-0.2, -0.15) is 0 Å². The molecule has 15 heavy (non-hydrogen) atoms. The molecule has 0 atom stereocenters. The van der Waals surface area contributed by atoms with Gasteiger partial charge in [0.05, 0.1) is 11.9 Å². The summed E-state index contributed by atoms with van der Waals surface area (Å²) in [6, 6.07) is 2.33. The number of piperidine rings is 1. The monoisotopic (exact) mass is 208 g/mol. The van der Waals surface area contributed by atoms with Crippen LogP contribution >= 0.6 is 0 Å². The zero-order valence-electron chi connectivity index (χ0n) is 8.53. The van der Waals surface area contributed by atoms with Gasteiger partial charge in [0.2, 0.25) is 0 Å². The molecule has 0 aromatic carbocycles. The average molecular weight is 208 g/mol. The lowest BCUT2D eigenvalue weighted by Gasteiger charge is -2.25. The number of pyridine rings is 1. The summed E-state index contributed by atoms with van der Waals surface area (Å²) in [5.74, 6) is 0. The van der Waals surface area contributed by atoms with E-state index in [1.807, 2.05) is 6.07 Å². The second kappa shape index (κ2) is 4.95. The molecule has 2 heterocycles. The van der Waals surface area contributed by atoms with Gasteiger partial charge in [-0.05, 0) is 32.0 Å². The minimum Gasteiger partial charge on any atom is -0.380 e. The topological polar surface area (TPSA) is 69.2 Å². The number of nitrogens with one attached hydrogen (secondary N) is 3. The Hall–Kier alpha value is -1.33. The summed E-state index contributed by atoms with van der Waals surface area (Å²) < 4.78 is 0. The zero-order chi connectivity index (χ0) is 10.5. The number of nitrogens with zero attached hydrogens (tertiary/aromatic N) is 1. The van der Waals surface area contributed by atoms with Gasteiger partial charge in [-0.3, -0.25) is 15.7 Å². The van der Waals surface area contributed by atoms with Gasteiger partial charge in [-0.25, -0.2) is 0 Å². The van der Waals surface area contributed by atoms with E-state index in [0.29, 0.717) is 11.7 Å². The highest BCUT2D eigenvalue weighted by atomic mass is 16.5. The molecule has 1 saturated heterocycles. The van der Waals surface area contributed by atoms with Crippen molar-refractivity contribution in [2.45, 2.75) is 18.9 Å². The van der Waals surface area contributed by atoms with E-state index < -0.39 is 0 Å². The first-order chi connectivity index (χ1) is 7.40. The maximum absolute atomic E-state index is 8.91. The van der Waals surface area contributed by atoms with E-state index in [-0.39, 0.29) is 0 Å². The van der Waals surface area contributed by atoms with E-state index in [2.05, 4.69) is 21.1 Å². The molecule has 0 spiro atoms. The molecule has 2 rings (SSSR count). The second-order valence-electron chi connectivity index (χ2n) is 3.70. The van der Waals surface area contributed by atoms with Crippen LogP contribution in [-0.2, 0) is 0 Å². The largest absolute Gasteiger partial charge is 0.380 e. The van der Waals surface area contributed by atoms with Crippen LogP contribution in [-0.4, -0.2) is 29.3 Å². The highest BCUT2D eigenvalue weighted by Gasteiger charge is 2.13. The van der Waals surface area contributed by atoms with Gasteiger partial charge in [0.1, 0.15) is 5.69 Å². The fourth-order valence-corrected chi connectivity index (χ4v) is 1.80. The Morgan fingerprint density at radius 1 is 1.33 bits per heavy atom. The molecule has 0 radical (unpaired) electrons. The Labute approximate surface area is 88.9 Å². The fourth-order valence-electron chi connectivity index (χ4n) is 1.80. The van der Waals surface area contributed by atoms with Gasteiger partial charge < -0.3 is 10.6 Å². The third-order valence-corrected chi connectivity index (χ3v) is 2.64. The molecule has 1 fully saturated rings. The van der Waals surface area contributed by atoms with E-state index in [0.717, 1.165) is 31.6 Å². The maximum Gasteiger partial charge on any atom is 0.102 e. The summed E-state index contributed by atoms with van der Waals surface area (Å²) in [6.45, 7) is 2.09. The van der Waals surface area contributed by atoms with Crippen LogP contribution in [0.1, 0.15) is 12.8 Å². The number of hydrogen-bond acceptors (Lipinski definition) is 5. The lowest BCUT2D eigenvalue weighted by atomic mass is 10.1. The number of rotatable bonds is 3. The van der Waals surface area contributed by atoms with Gasteiger partial charge >= 0.3 is 0 Å². The lowest BCUT2D eigenvalue weighted by Crippen LogP contribution is -2.35. The summed E-state index contributed by atoms with van der Waals surface area (Å²) >= 11 is 0. The van der Waals surface area contributed by atoms with Crippen molar-refractivity contribution in [3.63, 3.8) is 0 Å². The van der Waals surface area contributed by atoms with E-state index in [1.165, 1.54) is 0 Å². The van der Waals surface area contributed by atoms with Gasteiger partial charge in [-0.15, -0.1) is 0 Å². The molecule has 82 valence electrons. The number of hydrogen-bond donors (Lipinski definition) is 4. The molecule has 5 heteroatoms. The molecule has 1 aromatic rings. The van der Waals surface area contributed by atoms with E-state index in [1.54, 1.807) is 12.4 Å². The average Bonchev–Trinajstić information content (AvgIpc) is 2.31. The van der Waals surface area contributed by atoms with E-state index in [9.17, 15) is 0 Å². The number of anilines is 2. The Balaban J connectivity index is 2.02. The Bertz CT molecular complexity index is 312. The second-order valence-corrected chi connectivity index (χ2v) is 3.70. The van der Waals surface area contributed by atoms with Crippen molar-refractivity contribution in [2.75, 3.05) is 23.9 Å². The molecule has 0 aliphatic carbocycles. The van der Waals surface area contributed by atoms with Crippen LogP contribution in [0.3, 0.4) is 0 Å². The van der Waals surface area contributed by atoms with Crippen molar-refractivity contribution in [2.24, 2.45) is 0 Å². The zero-order valence-corrected chi connectivity index (χ0v) is 8.53. The molecule has 1 aliphatic heterocycles. The van der Waals surface area contributed by atoms with Crippen molar-refractivity contribution in [1.82, 2.24) is 10.3 Å². The van der Waals surface area contributed by atoms with Crippen molar-refractivity contribution in [3.05, 3.63) is 18.5 Å². The number of aromatic nitrogens is 1. The smallest absolute Gasteiger partial charge is 0.102 e. The van der Waals surface area contributed by atoms with Crippen LogP contribution in [0, 0.1) is 0 Å². The molecule has 1 aliphatic rings. The van der Waals surface area contributed by atoms with Gasteiger partial charge in [0, 0.05) is 12.2 Å². The van der Waals surface area contributed by atoms with Crippen molar-refractivity contribution >= 4 is 11.4 Å². The van der Waals surface area contributed by atoms with Crippen LogP contribution < -0.4 is 16.1 Å². The normalized spacial score (nSPS) is 17.4. The summed E-state index contributed by atoms with van der Waals surface area (Å²) in [5, 5.41) is 15.6. The molecule has 0 unspecified atom stereocenters. The predicted molar refractivity (Wildman–Crippen MR) is 59.2 cm³/mol. The molecule has 0 saturated carbocycles. The standard InChI is InChI=1S/C10H16N4O/c15-14-10-7-12-6-3-9(10)13-8-1-4-11-5-2-8/h3,6-8,11,14-15H,1-2,4-5H2,(H,12,13). The Kier molecular flexibility index (Phi) is 3.37. The van der Waals surface area contributed by atoms with Gasteiger partial charge in [0.15, 0.2) is 0 Å². The molecule has 0 bridgehead atoms. The quantitative estimate of drug-likeness (QED) is 0.559. The first-order valence-corrected chi connectivity index (χ1v) is 5.21. The summed E-state index contributed by atoms with van der Waals surface area (Å²) in [6.07, 6.45) is 5.52. The minimum absolute atomic E-state index is 0.473. The van der Waals surface area contributed by atoms with Crippen LogP contribution in [0.15, 0.2) is 18.5 Å². The van der Waals surface area contributed by atoms with Crippen LogP contribution in [0.5, 0.6) is 0 Å². The third-order valence-electron chi connectivity index (χ3n) is 2.64. The van der Waals surface area contributed by atoms with Gasteiger partial charge in [0.25, 0.3) is 0 Å². The Morgan fingerprint density at radius 2 is 2.13 bits per heavy atom. The summed E-state index contributed by atoms with van der Waals surface area (Å²) in [4.78, 5) is 3.93. The van der Waals surface area contributed by atoms with E-state index in [4.69, 9.17) is 5.21 Å². The highest BCUT2D eigenvalue weighted by molar-refractivity contribution is 5.66. The Morgan fingerprint density at radius 3 is 2.87 bits per heavy atom. The van der Waals surface area contributed by atoms with Crippen LogP contribution in [0.2, 0.25) is 0 Å². The summed E-state index contributed by atoms with van der Waals surface area (Å²) in [5.41, 5.74) is 3.67. The van der Waals surface area contributed by atoms with Crippen LogP contribution in [0.4, 0.5) is 11.4 Å². The predicted octanol–water partition coefficient (Wildman–Crippen LogP) is 1.05. The first-order valence-electron chi connectivity index (χ1n) is 5.21.